The Morgan fingerprint density at radius 3 is 3.00 bits per heavy atom. The number of halogens is 1. The Hall–Kier alpha value is -2.63. The van der Waals surface area contributed by atoms with Gasteiger partial charge in [-0.25, -0.2) is 4.39 Å². The van der Waals surface area contributed by atoms with E-state index >= 15 is 0 Å². The first-order valence-electron chi connectivity index (χ1n) is 7.81. The maximum Gasteiger partial charge on any atom is 0.270 e. The molecule has 1 aromatic carbocycles. The standard InChI is InChI=1S/C17H17FN4O/c18-12-5-3-4-11-10-14(20-16(11)12)17(23)22-9-2-1-6-15(22)13-7-8-19-21-13/h3-5,7-8,10,15,20H,1-2,6,9H2,(H,19,21)/t15-/m1/s1. The van der Waals surface area contributed by atoms with E-state index in [1.54, 1.807) is 24.4 Å². The first-order valence-corrected chi connectivity index (χ1v) is 7.81. The lowest BCUT2D eigenvalue weighted by Crippen LogP contribution is -2.38. The molecule has 1 amide bonds. The van der Waals surface area contributed by atoms with Crippen molar-refractivity contribution in [3.05, 3.63) is 53.7 Å². The Morgan fingerprint density at radius 1 is 1.30 bits per heavy atom. The van der Waals surface area contributed by atoms with Gasteiger partial charge in [0.2, 0.25) is 0 Å². The van der Waals surface area contributed by atoms with Gasteiger partial charge in [0, 0.05) is 18.1 Å². The Kier molecular flexibility index (Phi) is 3.37. The number of aromatic nitrogens is 3. The number of hydrogen-bond acceptors (Lipinski definition) is 2. The smallest absolute Gasteiger partial charge is 0.270 e. The average molecular weight is 312 g/mol. The van der Waals surface area contributed by atoms with Gasteiger partial charge in [0.1, 0.15) is 11.5 Å². The first kappa shape index (κ1) is 14.0. The van der Waals surface area contributed by atoms with E-state index in [0.29, 0.717) is 23.1 Å². The van der Waals surface area contributed by atoms with Gasteiger partial charge >= 0.3 is 0 Å². The molecule has 0 spiro atoms. The fraction of sp³-hybridized carbons (Fsp3) is 0.294. The van der Waals surface area contributed by atoms with Crippen molar-refractivity contribution in [3.8, 4) is 0 Å². The average Bonchev–Trinajstić information content (AvgIpc) is 3.24. The van der Waals surface area contributed by atoms with Crippen LogP contribution in [0.2, 0.25) is 0 Å². The van der Waals surface area contributed by atoms with Gasteiger partial charge in [0.15, 0.2) is 0 Å². The lowest BCUT2D eigenvalue weighted by molar-refractivity contribution is 0.0601. The third-order valence-electron chi connectivity index (χ3n) is 4.48. The number of benzene rings is 1. The molecule has 0 radical (unpaired) electrons. The molecule has 0 aliphatic carbocycles. The van der Waals surface area contributed by atoms with Crippen molar-refractivity contribution in [3.63, 3.8) is 0 Å². The highest BCUT2D eigenvalue weighted by Crippen LogP contribution is 2.31. The summed E-state index contributed by atoms with van der Waals surface area (Å²) in [6, 6.07) is 8.46. The van der Waals surface area contributed by atoms with Crippen molar-refractivity contribution in [1.82, 2.24) is 20.1 Å². The SMILES string of the molecule is O=C(c1cc2cccc(F)c2[nH]1)N1CCCC[C@@H]1c1ccn[nH]1. The van der Waals surface area contributed by atoms with Crippen LogP contribution in [0.15, 0.2) is 36.5 Å². The molecule has 5 nitrogen and oxygen atoms in total. The number of H-pyrrole nitrogens is 2. The third kappa shape index (κ3) is 2.40. The maximum absolute atomic E-state index is 13.8. The van der Waals surface area contributed by atoms with Crippen LogP contribution in [0.4, 0.5) is 4.39 Å². The summed E-state index contributed by atoms with van der Waals surface area (Å²) >= 11 is 0. The summed E-state index contributed by atoms with van der Waals surface area (Å²) in [4.78, 5) is 17.7. The summed E-state index contributed by atoms with van der Waals surface area (Å²) in [6.45, 7) is 0.695. The fourth-order valence-electron chi connectivity index (χ4n) is 3.34. The second-order valence-corrected chi connectivity index (χ2v) is 5.91. The van der Waals surface area contributed by atoms with Gasteiger partial charge < -0.3 is 9.88 Å². The Morgan fingerprint density at radius 2 is 2.22 bits per heavy atom. The maximum atomic E-state index is 13.8. The number of nitrogens with one attached hydrogen (secondary N) is 2. The van der Waals surface area contributed by atoms with Gasteiger partial charge in [-0.15, -0.1) is 0 Å². The molecule has 1 saturated heterocycles. The molecule has 6 heteroatoms. The highest BCUT2D eigenvalue weighted by molar-refractivity contribution is 5.98. The van der Waals surface area contributed by atoms with Crippen LogP contribution in [0.1, 0.15) is 41.5 Å². The number of fused-ring (bicyclic) bond motifs is 1. The van der Waals surface area contributed by atoms with E-state index in [1.807, 2.05) is 11.0 Å². The van der Waals surface area contributed by atoms with E-state index in [-0.39, 0.29) is 17.8 Å². The molecule has 4 rings (SSSR count). The van der Waals surface area contributed by atoms with E-state index in [1.165, 1.54) is 6.07 Å². The second-order valence-electron chi connectivity index (χ2n) is 5.91. The van der Waals surface area contributed by atoms with Gasteiger partial charge in [0.05, 0.1) is 17.3 Å². The lowest BCUT2D eigenvalue weighted by Gasteiger charge is -2.34. The summed E-state index contributed by atoms with van der Waals surface area (Å²) in [5.74, 6) is -0.440. The highest BCUT2D eigenvalue weighted by atomic mass is 19.1. The minimum Gasteiger partial charge on any atom is -0.348 e. The van der Waals surface area contributed by atoms with E-state index in [9.17, 15) is 9.18 Å². The van der Waals surface area contributed by atoms with Gasteiger partial charge in [-0.05, 0) is 37.5 Å². The predicted molar refractivity (Wildman–Crippen MR) is 84.5 cm³/mol. The van der Waals surface area contributed by atoms with Crippen LogP contribution in [-0.4, -0.2) is 32.5 Å². The first-order chi connectivity index (χ1) is 11.2. The molecule has 3 aromatic rings. The molecule has 0 bridgehead atoms. The monoisotopic (exact) mass is 312 g/mol. The Labute approximate surface area is 132 Å². The Bertz CT molecular complexity index is 840. The van der Waals surface area contributed by atoms with Crippen LogP contribution in [-0.2, 0) is 0 Å². The largest absolute Gasteiger partial charge is 0.348 e. The molecule has 0 saturated carbocycles. The summed E-state index contributed by atoms with van der Waals surface area (Å²) in [6.07, 6.45) is 4.66. The van der Waals surface area contributed by atoms with Crippen molar-refractivity contribution >= 4 is 16.8 Å². The van der Waals surface area contributed by atoms with Crippen molar-refractivity contribution < 1.29 is 9.18 Å². The lowest BCUT2D eigenvalue weighted by atomic mass is 9.99. The van der Waals surface area contributed by atoms with Crippen molar-refractivity contribution in [1.29, 1.82) is 0 Å². The quantitative estimate of drug-likeness (QED) is 0.761. The highest BCUT2D eigenvalue weighted by Gasteiger charge is 2.30. The predicted octanol–water partition coefficient (Wildman–Crippen LogP) is 3.40. The van der Waals surface area contributed by atoms with Gasteiger partial charge in [0.25, 0.3) is 5.91 Å². The zero-order chi connectivity index (χ0) is 15.8. The Balaban J connectivity index is 1.69. The van der Waals surface area contributed by atoms with Crippen molar-refractivity contribution in [2.75, 3.05) is 6.54 Å². The molecule has 2 N–H and O–H groups in total. The molecule has 2 aromatic heterocycles. The molecular weight excluding hydrogens is 295 g/mol. The minimum atomic E-state index is -0.342. The van der Waals surface area contributed by atoms with Gasteiger partial charge in [-0.2, -0.15) is 5.10 Å². The molecule has 1 aliphatic rings. The number of piperidine rings is 1. The summed E-state index contributed by atoms with van der Waals surface area (Å²) < 4.78 is 13.8. The van der Waals surface area contributed by atoms with Crippen molar-refractivity contribution in [2.45, 2.75) is 25.3 Å². The number of para-hydroxylation sites is 1. The number of nitrogens with zero attached hydrogens (tertiary/aromatic N) is 2. The molecular formula is C17H17FN4O. The van der Waals surface area contributed by atoms with E-state index in [0.717, 1.165) is 25.0 Å². The normalized spacial score (nSPS) is 18.5. The van der Waals surface area contributed by atoms with E-state index in [2.05, 4.69) is 15.2 Å². The number of aromatic amines is 2. The van der Waals surface area contributed by atoms with Crippen LogP contribution in [0, 0.1) is 5.82 Å². The van der Waals surface area contributed by atoms with Gasteiger partial charge in [-0.3, -0.25) is 9.89 Å². The third-order valence-corrected chi connectivity index (χ3v) is 4.48. The molecule has 1 atom stereocenters. The van der Waals surface area contributed by atoms with E-state index < -0.39 is 0 Å². The zero-order valence-corrected chi connectivity index (χ0v) is 12.6. The summed E-state index contributed by atoms with van der Waals surface area (Å²) in [5.41, 5.74) is 1.75. The minimum absolute atomic E-state index is 0.00462. The van der Waals surface area contributed by atoms with Crippen LogP contribution in [0.3, 0.4) is 0 Å². The molecule has 23 heavy (non-hydrogen) atoms. The summed E-state index contributed by atoms with van der Waals surface area (Å²) in [5, 5.41) is 7.67. The zero-order valence-electron chi connectivity index (χ0n) is 12.6. The topological polar surface area (TPSA) is 64.8 Å². The molecule has 3 heterocycles. The number of hydrogen-bond donors (Lipinski definition) is 2. The van der Waals surface area contributed by atoms with E-state index in [4.69, 9.17) is 0 Å². The second kappa shape index (κ2) is 5.53. The molecule has 1 aliphatic heterocycles. The number of carbonyl (C=O) groups is 1. The summed E-state index contributed by atoms with van der Waals surface area (Å²) in [7, 11) is 0. The molecule has 0 unspecified atom stereocenters. The van der Waals surface area contributed by atoms with Crippen LogP contribution < -0.4 is 0 Å². The van der Waals surface area contributed by atoms with Crippen LogP contribution >= 0.6 is 0 Å². The van der Waals surface area contributed by atoms with Crippen LogP contribution in [0.25, 0.3) is 10.9 Å². The molecule has 118 valence electrons. The van der Waals surface area contributed by atoms with Crippen LogP contribution in [0.5, 0.6) is 0 Å². The number of amides is 1. The number of likely N-dealkylation sites (tertiary alicyclic amines) is 1. The fourth-order valence-corrected chi connectivity index (χ4v) is 3.34. The number of rotatable bonds is 2. The molecule has 1 fully saturated rings. The number of carbonyl (C=O) groups excluding carboxylic acids is 1. The van der Waals surface area contributed by atoms with Gasteiger partial charge in [-0.1, -0.05) is 12.1 Å². The van der Waals surface area contributed by atoms with Crippen molar-refractivity contribution in [2.24, 2.45) is 0 Å².